The van der Waals surface area contributed by atoms with Gasteiger partial charge in [-0.05, 0) is 19.2 Å². The van der Waals surface area contributed by atoms with E-state index in [9.17, 15) is 13.5 Å². The standard InChI is InChI=1S/C15H23N3O3S/c1-16-7-9-17(10-8-16)14-11-18(12-15(14)19)22(20,21)13-5-3-2-4-6-13/h2-6,14-15,19H,7-12H2,1H3/t14-,15-/m1/s1. The van der Waals surface area contributed by atoms with Gasteiger partial charge in [-0.3, -0.25) is 4.90 Å². The molecule has 2 atom stereocenters. The molecule has 2 saturated heterocycles. The lowest BCUT2D eigenvalue weighted by Crippen LogP contribution is -2.52. The van der Waals surface area contributed by atoms with Gasteiger partial charge in [-0.1, -0.05) is 18.2 Å². The minimum Gasteiger partial charge on any atom is -0.390 e. The summed E-state index contributed by atoms with van der Waals surface area (Å²) in [6.45, 7) is 4.19. The van der Waals surface area contributed by atoms with Crippen molar-refractivity contribution in [2.24, 2.45) is 0 Å². The quantitative estimate of drug-likeness (QED) is 0.824. The van der Waals surface area contributed by atoms with Gasteiger partial charge in [0.2, 0.25) is 10.0 Å². The number of aliphatic hydroxyl groups is 1. The number of hydrogen-bond donors (Lipinski definition) is 1. The van der Waals surface area contributed by atoms with Gasteiger partial charge in [-0.25, -0.2) is 8.42 Å². The summed E-state index contributed by atoms with van der Waals surface area (Å²) in [6.07, 6.45) is -0.623. The van der Waals surface area contributed by atoms with Crippen LogP contribution in [0.5, 0.6) is 0 Å². The van der Waals surface area contributed by atoms with Crippen LogP contribution in [0.15, 0.2) is 35.2 Å². The average molecular weight is 325 g/mol. The minimum absolute atomic E-state index is 0.104. The SMILES string of the molecule is CN1CCN([C@@H]2CN(S(=O)(=O)c3ccccc3)C[C@H]2O)CC1. The first kappa shape index (κ1) is 15.9. The average Bonchev–Trinajstić information content (AvgIpc) is 2.92. The number of rotatable bonds is 3. The zero-order valence-electron chi connectivity index (χ0n) is 12.8. The van der Waals surface area contributed by atoms with Crippen molar-refractivity contribution >= 4 is 10.0 Å². The highest BCUT2D eigenvalue weighted by atomic mass is 32.2. The molecule has 0 radical (unpaired) electrons. The van der Waals surface area contributed by atoms with E-state index in [2.05, 4.69) is 16.8 Å². The molecule has 0 saturated carbocycles. The van der Waals surface area contributed by atoms with Crippen molar-refractivity contribution in [3.63, 3.8) is 0 Å². The maximum atomic E-state index is 12.6. The van der Waals surface area contributed by atoms with Gasteiger partial charge in [-0.2, -0.15) is 4.31 Å². The zero-order chi connectivity index (χ0) is 15.7. The normalized spacial score (nSPS) is 29.0. The Kier molecular flexibility index (Phi) is 4.52. The molecule has 0 amide bonds. The van der Waals surface area contributed by atoms with E-state index in [-0.39, 0.29) is 12.6 Å². The summed E-state index contributed by atoms with van der Waals surface area (Å²) in [6, 6.07) is 8.34. The molecule has 0 aliphatic carbocycles. The summed E-state index contributed by atoms with van der Waals surface area (Å²) in [4.78, 5) is 4.75. The Hall–Kier alpha value is -0.990. The van der Waals surface area contributed by atoms with Crippen molar-refractivity contribution in [2.75, 3.05) is 46.3 Å². The maximum absolute atomic E-state index is 12.6. The molecule has 0 spiro atoms. The molecule has 1 aromatic carbocycles. The second-order valence-corrected chi connectivity index (χ2v) is 8.05. The van der Waals surface area contributed by atoms with Gasteiger partial charge in [0, 0.05) is 39.3 Å². The molecule has 2 aliphatic heterocycles. The van der Waals surface area contributed by atoms with E-state index in [1.54, 1.807) is 30.3 Å². The molecule has 2 heterocycles. The van der Waals surface area contributed by atoms with Crippen LogP contribution in [-0.2, 0) is 10.0 Å². The lowest BCUT2D eigenvalue weighted by Gasteiger charge is -2.37. The largest absolute Gasteiger partial charge is 0.390 e. The molecular weight excluding hydrogens is 302 g/mol. The molecule has 0 aromatic heterocycles. The van der Waals surface area contributed by atoms with Crippen LogP contribution >= 0.6 is 0 Å². The number of piperazine rings is 1. The number of β-amino-alcohol motifs (C(OH)–C–C–N with tert-alkyl or cyclic N) is 1. The van der Waals surface area contributed by atoms with E-state index in [4.69, 9.17) is 0 Å². The number of benzene rings is 1. The fourth-order valence-electron chi connectivity index (χ4n) is 3.19. The monoisotopic (exact) mass is 325 g/mol. The molecule has 2 aliphatic rings. The molecular formula is C15H23N3O3S. The fraction of sp³-hybridized carbons (Fsp3) is 0.600. The first-order valence-corrected chi connectivity index (χ1v) is 9.08. The predicted molar refractivity (Wildman–Crippen MR) is 84.1 cm³/mol. The fourth-order valence-corrected chi connectivity index (χ4v) is 4.68. The number of sulfonamides is 1. The Bertz CT molecular complexity index is 600. The Balaban J connectivity index is 1.73. The molecule has 1 aromatic rings. The molecule has 22 heavy (non-hydrogen) atoms. The van der Waals surface area contributed by atoms with E-state index >= 15 is 0 Å². The van der Waals surface area contributed by atoms with Gasteiger partial charge >= 0.3 is 0 Å². The summed E-state index contributed by atoms with van der Waals surface area (Å²) < 4.78 is 26.7. The third kappa shape index (κ3) is 3.04. The summed E-state index contributed by atoms with van der Waals surface area (Å²) in [5.41, 5.74) is 0. The van der Waals surface area contributed by atoms with Crippen LogP contribution in [0.3, 0.4) is 0 Å². The molecule has 0 bridgehead atoms. The van der Waals surface area contributed by atoms with Crippen LogP contribution in [0.1, 0.15) is 0 Å². The summed E-state index contributed by atoms with van der Waals surface area (Å²) >= 11 is 0. The van der Waals surface area contributed by atoms with Crippen LogP contribution < -0.4 is 0 Å². The summed E-state index contributed by atoms with van der Waals surface area (Å²) in [5, 5.41) is 10.3. The van der Waals surface area contributed by atoms with Crippen molar-refractivity contribution in [1.82, 2.24) is 14.1 Å². The number of nitrogens with zero attached hydrogens (tertiary/aromatic N) is 3. The highest BCUT2D eigenvalue weighted by molar-refractivity contribution is 7.89. The molecule has 3 rings (SSSR count). The first-order valence-electron chi connectivity index (χ1n) is 7.64. The topological polar surface area (TPSA) is 64.1 Å². The third-order valence-corrected chi connectivity index (χ3v) is 6.46. The third-order valence-electron chi connectivity index (χ3n) is 4.61. The van der Waals surface area contributed by atoms with Crippen LogP contribution in [0.4, 0.5) is 0 Å². The van der Waals surface area contributed by atoms with Crippen molar-refractivity contribution in [1.29, 1.82) is 0 Å². The number of aliphatic hydroxyl groups excluding tert-OH is 1. The molecule has 7 heteroatoms. The van der Waals surface area contributed by atoms with Gasteiger partial charge in [0.05, 0.1) is 17.0 Å². The molecule has 0 unspecified atom stereocenters. The Morgan fingerprint density at radius 3 is 2.32 bits per heavy atom. The molecule has 6 nitrogen and oxygen atoms in total. The van der Waals surface area contributed by atoms with Crippen LogP contribution in [0, 0.1) is 0 Å². The summed E-state index contributed by atoms with van der Waals surface area (Å²) in [5.74, 6) is 0. The van der Waals surface area contributed by atoms with Crippen LogP contribution in [0.2, 0.25) is 0 Å². The highest BCUT2D eigenvalue weighted by Gasteiger charge is 2.41. The van der Waals surface area contributed by atoms with Crippen LogP contribution in [-0.4, -0.2) is 86.1 Å². The Labute approximate surface area is 132 Å². The maximum Gasteiger partial charge on any atom is 0.243 e. The second kappa shape index (κ2) is 6.25. The van der Waals surface area contributed by atoms with Crippen molar-refractivity contribution < 1.29 is 13.5 Å². The van der Waals surface area contributed by atoms with Crippen molar-refractivity contribution in [3.8, 4) is 0 Å². The Morgan fingerprint density at radius 1 is 1.05 bits per heavy atom. The van der Waals surface area contributed by atoms with Gasteiger partial charge in [0.25, 0.3) is 0 Å². The number of likely N-dealkylation sites (N-methyl/N-ethyl adjacent to an activating group) is 1. The van der Waals surface area contributed by atoms with Gasteiger partial charge in [0.15, 0.2) is 0 Å². The van der Waals surface area contributed by atoms with Crippen molar-refractivity contribution in [3.05, 3.63) is 30.3 Å². The molecule has 1 N–H and O–H groups in total. The predicted octanol–water partition coefficient (Wildman–Crippen LogP) is -0.332. The number of hydrogen-bond acceptors (Lipinski definition) is 5. The highest BCUT2D eigenvalue weighted by Crippen LogP contribution is 2.24. The van der Waals surface area contributed by atoms with Crippen LogP contribution in [0.25, 0.3) is 0 Å². The lowest BCUT2D eigenvalue weighted by molar-refractivity contribution is 0.0512. The van der Waals surface area contributed by atoms with Gasteiger partial charge < -0.3 is 10.0 Å². The lowest BCUT2D eigenvalue weighted by atomic mass is 10.1. The second-order valence-electron chi connectivity index (χ2n) is 6.11. The van der Waals surface area contributed by atoms with E-state index in [1.165, 1.54) is 4.31 Å². The van der Waals surface area contributed by atoms with E-state index < -0.39 is 16.1 Å². The van der Waals surface area contributed by atoms with Crippen molar-refractivity contribution in [2.45, 2.75) is 17.0 Å². The zero-order valence-corrected chi connectivity index (χ0v) is 13.6. The first-order chi connectivity index (χ1) is 10.5. The molecule has 2 fully saturated rings. The molecule has 122 valence electrons. The minimum atomic E-state index is -3.52. The van der Waals surface area contributed by atoms with Gasteiger partial charge in [-0.15, -0.1) is 0 Å². The Morgan fingerprint density at radius 2 is 1.68 bits per heavy atom. The smallest absolute Gasteiger partial charge is 0.243 e. The van der Waals surface area contributed by atoms with E-state index in [0.717, 1.165) is 26.2 Å². The van der Waals surface area contributed by atoms with Gasteiger partial charge in [0.1, 0.15) is 0 Å². The summed E-state index contributed by atoms with van der Waals surface area (Å²) in [7, 11) is -1.44. The van der Waals surface area contributed by atoms with E-state index in [0.29, 0.717) is 11.4 Å². The van der Waals surface area contributed by atoms with E-state index in [1.807, 2.05) is 0 Å².